The van der Waals surface area contributed by atoms with Crippen molar-refractivity contribution in [3.05, 3.63) is 131 Å². The molecule has 6 nitrogen and oxygen atoms in total. The molecule has 45 heavy (non-hydrogen) atoms. The number of carbonyl (C=O) groups is 2. The molecule has 5 aliphatic carbocycles. The predicted molar refractivity (Wildman–Crippen MR) is 170 cm³/mol. The lowest BCUT2D eigenvalue weighted by Crippen LogP contribution is -2.84. The highest BCUT2D eigenvalue weighted by atomic mass is 16.5. The van der Waals surface area contributed by atoms with Crippen molar-refractivity contribution >= 4 is 11.6 Å². The highest BCUT2D eigenvalue weighted by Crippen LogP contribution is 2.70. The quantitative estimate of drug-likeness (QED) is 0.266. The highest BCUT2D eigenvalue weighted by Gasteiger charge is 2.82. The first-order valence-electron chi connectivity index (χ1n) is 15.8. The number of rotatable bonds is 6. The fourth-order valence-electron chi connectivity index (χ4n) is 9.40. The van der Waals surface area contributed by atoms with Crippen LogP contribution in [0.4, 0.5) is 0 Å². The first kappa shape index (κ1) is 30.0. The van der Waals surface area contributed by atoms with Crippen LogP contribution in [0.25, 0.3) is 0 Å². The third-order valence-electron chi connectivity index (χ3n) is 11.7. The summed E-state index contributed by atoms with van der Waals surface area (Å²) in [7, 11) is 0. The van der Waals surface area contributed by atoms with Crippen LogP contribution in [0.3, 0.4) is 0 Å². The van der Waals surface area contributed by atoms with Crippen LogP contribution in [0, 0.1) is 29.1 Å². The second-order valence-corrected chi connectivity index (χ2v) is 14.1. The summed E-state index contributed by atoms with van der Waals surface area (Å²) in [6, 6.07) is 29.8. The van der Waals surface area contributed by atoms with Gasteiger partial charge in [-0.25, -0.2) is 0 Å². The molecule has 6 heteroatoms. The Morgan fingerprint density at radius 1 is 0.800 bits per heavy atom. The van der Waals surface area contributed by atoms with E-state index >= 15 is 0 Å². The molecule has 0 aliphatic heterocycles. The van der Waals surface area contributed by atoms with Crippen LogP contribution in [0.15, 0.2) is 114 Å². The number of ether oxygens (including phenoxy) is 1. The van der Waals surface area contributed by atoms with E-state index in [1.54, 1.807) is 19.9 Å². The van der Waals surface area contributed by atoms with E-state index in [9.17, 15) is 24.9 Å². The van der Waals surface area contributed by atoms with E-state index in [1.807, 2.05) is 111 Å². The van der Waals surface area contributed by atoms with Crippen LogP contribution in [-0.2, 0) is 19.9 Å². The lowest BCUT2D eigenvalue weighted by Gasteiger charge is -2.71. The van der Waals surface area contributed by atoms with Gasteiger partial charge >= 0.3 is 0 Å². The number of ketones is 2. The average molecular weight is 605 g/mol. The Bertz CT molecular complexity index is 1630. The minimum absolute atomic E-state index is 0.0204. The molecule has 0 unspecified atom stereocenters. The lowest BCUT2D eigenvalue weighted by atomic mass is 9.34. The third kappa shape index (κ3) is 3.71. The first-order chi connectivity index (χ1) is 21.3. The number of fused-ring (bicyclic) bond motifs is 1. The fraction of sp³-hybridized carbons (Fsp3) is 0.385. The predicted octanol–water partition coefficient (Wildman–Crippen LogP) is 5.15. The summed E-state index contributed by atoms with van der Waals surface area (Å²) < 4.78 is 7.10. The van der Waals surface area contributed by atoms with Gasteiger partial charge in [0.05, 0.1) is 12.2 Å². The molecule has 0 radical (unpaired) electrons. The van der Waals surface area contributed by atoms with Crippen molar-refractivity contribution in [1.82, 2.24) is 0 Å². The van der Waals surface area contributed by atoms with Crippen LogP contribution in [0.5, 0.6) is 0 Å². The van der Waals surface area contributed by atoms with E-state index in [2.05, 4.69) is 0 Å². The topological polar surface area (TPSA) is 104 Å². The molecule has 3 fully saturated rings. The Morgan fingerprint density at radius 2 is 1.29 bits per heavy atom. The summed E-state index contributed by atoms with van der Waals surface area (Å²) in [5.74, 6) is -4.09. The lowest BCUT2D eigenvalue weighted by molar-refractivity contribution is -0.301. The molecule has 232 valence electrons. The van der Waals surface area contributed by atoms with E-state index in [1.165, 1.54) is 0 Å². The Morgan fingerprint density at radius 3 is 1.76 bits per heavy atom. The molecule has 8 rings (SSSR count). The normalized spacial score (nSPS) is 35.0. The van der Waals surface area contributed by atoms with E-state index in [0.717, 1.165) is 16.7 Å². The Hall–Kier alpha value is -3.68. The van der Waals surface area contributed by atoms with Crippen molar-refractivity contribution in [2.75, 3.05) is 6.61 Å². The summed E-state index contributed by atoms with van der Waals surface area (Å²) >= 11 is 0. The summed E-state index contributed by atoms with van der Waals surface area (Å²) in [5.41, 5.74) is -3.59. The number of Topliss-reactive ketones (excluding diaryl/α,β-unsaturated/α-hetero) is 2. The van der Waals surface area contributed by atoms with Gasteiger partial charge < -0.3 is 20.1 Å². The first-order valence-corrected chi connectivity index (χ1v) is 15.8. The number of hydrogen-bond donors (Lipinski definition) is 3. The molecule has 0 amide bonds. The Labute approximate surface area is 264 Å². The van der Waals surface area contributed by atoms with Crippen LogP contribution < -0.4 is 0 Å². The summed E-state index contributed by atoms with van der Waals surface area (Å²) in [6.45, 7) is 7.07. The standard InChI is InChI=1S/C39H40O6/c1-24-20-31-36(42,33(24)40)22-26(21-30-32-34(41)39(44,35(32,3)4)25(2)37(30,31)43)23-45-38(27-14-8-5-9-15-27,28-16-10-6-11-17-28)29-18-12-7-13-19-29/h5-21,25,30-32,42-44H,22-23H2,1-4H3/t25-,30-,31+,32+,36+,37+,39-/m0/s1. The van der Waals surface area contributed by atoms with E-state index < -0.39 is 57.3 Å². The monoisotopic (exact) mass is 604 g/mol. The van der Waals surface area contributed by atoms with Crippen molar-refractivity contribution in [3.63, 3.8) is 0 Å². The van der Waals surface area contributed by atoms with Crippen molar-refractivity contribution < 1.29 is 29.6 Å². The second-order valence-electron chi connectivity index (χ2n) is 14.1. The third-order valence-corrected chi connectivity index (χ3v) is 11.7. The van der Waals surface area contributed by atoms with Crippen molar-refractivity contribution in [2.24, 2.45) is 29.1 Å². The van der Waals surface area contributed by atoms with Gasteiger partial charge in [-0.05, 0) is 34.8 Å². The molecule has 0 saturated heterocycles. The largest absolute Gasteiger partial charge is 0.388 e. The maximum absolute atomic E-state index is 13.7. The van der Waals surface area contributed by atoms with Crippen LogP contribution in [0.2, 0.25) is 0 Å². The number of hydrogen-bond acceptors (Lipinski definition) is 6. The van der Waals surface area contributed by atoms with Gasteiger partial charge in [-0.1, -0.05) is 124 Å². The molecule has 3 aromatic rings. The molecule has 3 N–H and O–H groups in total. The molecule has 7 atom stereocenters. The molecule has 0 aromatic heterocycles. The smallest absolute Gasteiger partial charge is 0.190 e. The van der Waals surface area contributed by atoms with Gasteiger partial charge in [0.25, 0.3) is 0 Å². The van der Waals surface area contributed by atoms with Gasteiger partial charge in [-0.3, -0.25) is 9.59 Å². The zero-order chi connectivity index (χ0) is 32.0. The SMILES string of the molecule is CC1=C[C@H]2[C@]3(O)[C@@H](C=C(COC(c4ccccc4)(c4ccccc4)c4ccccc4)C[C@]2(O)C1=O)[C@@H]1C(=O)[C@@](O)([C@H]3C)C1(C)C. The van der Waals surface area contributed by atoms with Gasteiger partial charge in [0.2, 0.25) is 0 Å². The maximum atomic E-state index is 13.7. The van der Waals surface area contributed by atoms with Crippen LogP contribution in [-0.4, -0.2) is 50.3 Å². The molecule has 0 spiro atoms. The molecule has 3 aromatic carbocycles. The average Bonchev–Trinajstić information content (AvgIpc) is 3.22. The van der Waals surface area contributed by atoms with Gasteiger partial charge in [-0.15, -0.1) is 0 Å². The molecular weight excluding hydrogens is 564 g/mol. The zero-order valence-electron chi connectivity index (χ0n) is 26.1. The number of carbonyl (C=O) groups excluding carboxylic acids is 2. The van der Waals surface area contributed by atoms with E-state index in [-0.39, 0.29) is 18.8 Å². The second kappa shape index (κ2) is 9.91. The van der Waals surface area contributed by atoms with Crippen LogP contribution in [0.1, 0.15) is 50.8 Å². The Kier molecular flexibility index (Phi) is 6.61. The minimum Gasteiger partial charge on any atom is -0.388 e. The van der Waals surface area contributed by atoms with Crippen LogP contribution >= 0.6 is 0 Å². The van der Waals surface area contributed by atoms with E-state index in [0.29, 0.717) is 11.1 Å². The van der Waals surface area contributed by atoms with E-state index in [4.69, 9.17) is 4.74 Å². The molecular formula is C39H40O6. The highest BCUT2D eigenvalue weighted by molar-refractivity contribution is 6.05. The van der Waals surface area contributed by atoms with Gasteiger partial charge in [0.1, 0.15) is 16.8 Å². The van der Waals surface area contributed by atoms with Gasteiger partial charge in [-0.2, -0.15) is 0 Å². The Balaban J connectivity index is 1.39. The minimum atomic E-state index is -1.95. The number of benzene rings is 3. The van der Waals surface area contributed by atoms with Gasteiger partial charge in [0.15, 0.2) is 11.6 Å². The summed E-state index contributed by atoms with van der Waals surface area (Å²) in [6.07, 6.45) is 3.46. The summed E-state index contributed by atoms with van der Waals surface area (Å²) in [4.78, 5) is 27.3. The molecule has 2 bridgehead atoms. The van der Waals surface area contributed by atoms with Crippen molar-refractivity contribution in [3.8, 4) is 0 Å². The molecule has 0 heterocycles. The fourth-order valence-corrected chi connectivity index (χ4v) is 9.40. The van der Waals surface area contributed by atoms with Crippen molar-refractivity contribution in [1.29, 1.82) is 0 Å². The van der Waals surface area contributed by atoms with Crippen molar-refractivity contribution in [2.45, 2.75) is 56.5 Å². The number of aliphatic hydroxyl groups is 3. The zero-order valence-corrected chi connectivity index (χ0v) is 26.1. The molecule has 5 aliphatic rings. The summed E-state index contributed by atoms with van der Waals surface area (Å²) in [5, 5.41) is 36.7. The molecule has 3 saturated carbocycles. The van der Waals surface area contributed by atoms with Gasteiger partial charge in [0, 0.05) is 35.5 Å². The maximum Gasteiger partial charge on any atom is 0.190 e.